The fraction of sp³-hybridized carbons (Fsp3) is 0.500. The van der Waals surface area contributed by atoms with Crippen molar-refractivity contribution in [1.82, 2.24) is 9.97 Å². The van der Waals surface area contributed by atoms with Gasteiger partial charge in [0.05, 0.1) is 25.6 Å². The summed E-state index contributed by atoms with van der Waals surface area (Å²) in [5.41, 5.74) is 3.83. The lowest BCUT2D eigenvalue weighted by Gasteiger charge is -2.20. The molecule has 0 fully saturated rings. The lowest BCUT2D eigenvalue weighted by molar-refractivity contribution is 0.396. The van der Waals surface area contributed by atoms with Crippen molar-refractivity contribution in [2.75, 3.05) is 19.5 Å². The summed E-state index contributed by atoms with van der Waals surface area (Å²) in [5, 5.41) is 3.46. The van der Waals surface area contributed by atoms with Crippen LogP contribution in [0, 0.1) is 6.92 Å². The Hall–Kier alpha value is -2.30. The minimum Gasteiger partial charge on any atom is -0.496 e. The van der Waals surface area contributed by atoms with Crippen LogP contribution in [0.3, 0.4) is 0 Å². The molecule has 0 aliphatic carbocycles. The van der Waals surface area contributed by atoms with E-state index < -0.39 is 0 Å². The smallest absolute Gasteiger partial charge is 0.257 e. The normalized spacial score (nSPS) is 10.8. The van der Waals surface area contributed by atoms with Gasteiger partial charge in [0.15, 0.2) is 5.82 Å². The molecule has 25 heavy (non-hydrogen) atoms. The quantitative estimate of drug-likeness (QED) is 0.757. The molecule has 0 saturated carbocycles. The number of hydrogen-bond donors (Lipinski definition) is 1. The first-order valence-corrected chi connectivity index (χ1v) is 8.94. The molecule has 0 aliphatic heterocycles. The fourth-order valence-electron chi connectivity index (χ4n) is 2.94. The van der Waals surface area contributed by atoms with Crippen molar-refractivity contribution >= 4 is 5.82 Å². The number of ether oxygens (including phenoxy) is 2. The SMILES string of the molecule is CCc1nc(NC(CC)CC)c(OC)nc1-c1c(C)cccc1OC. The molecule has 1 aromatic carbocycles. The molecule has 1 N–H and O–H groups in total. The van der Waals surface area contributed by atoms with Crippen LogP contribution in [0.5, 0.6) is 11.6 Å². The maximum Gasteiger partial charge on any atom is 0.257 e. The molecule has 1 aromatic heterocycles. The largest absolute Gasteiger partial charge is 0.496 e. The highest BCUT2D eigenvalue weighted by Crippen LogP contribution is 2.36. The van der Waals surface area contributed by atoms with Crippen LogP contribution in [0.15, 0.2) is 18.2 Å². The number of nitrogens with one attached hydrogen (secondary N) is 1. The van der Waals surface area contributed by atoms with Crippen molar-refractivity contribution in [3.05, 3.63) is 29.5 Å². The summed E-state index contributed by atoms with van der Waals surface area (Å²) in [6, 6.07) is 6.34. The van der Waals surface area contributed by atoms with Crippen LogP contribution in [-0.2, 0) is 6.42 Å². The summed E-state index contributed by atoms with van der Waals surface area (Å²) in [5.74, 6) is 2.03. The van der Waals surface area contributed by atoms with Crippen LogP contribution in [0.4, 0.5) is 5.82 Å². The van der Waals surface area contributed by atoms with Gasteiger partial charge in [-0.05, 0) is 37.8 Å². The summed E-state index contributed by atoms with van der Waals surface area (Å²) in [6.45, 7) is 8.47. The Morgan fingerprint density at radius 3 is 2.32 bits per heavy atom. The Labute approximate surface area is 150 Å². The van der Waals surface area contributed by atoms with E-state index in [0.717, 1.165) is 47.5 Å². The van der Waals surface area contributed by atoms with Gasteiger partial charge < -0.3 is 14.8 Å². The van der Waals surface area contributed by atoms with Gasteiger partial charge in [0, 0.05) is 11.6 Å². The van der Waals surface area contributed by atoms with Crippen LogP contribution < -0.4 is 14.8 Å². The van der Waals surface area contributed by atoms with Gasteiger partial charge in [-0.25, -0.2) is 9.97 Å². The number of rotatable bonds is 8. The first kappa shape index (κ1) is 19.0. The van der Waals surface area contributed by atoms with Gasteiger partial charge in [-0.3, -0.25) is 0 Å². The van der Waals surface area contributed by atoms with Crippen LogP contribution in [-0.4, -0.2) is 30.2 Å². The zero-order chi connectivity index (χ0) is 18.4. The maximum atomic E-state index is 5.56. The molecule has 136 valence electrons. The van der Waals surface area contributed by atoms with Crippen LogP contribution in [0.1, 0.15) is 44.9 Å². The third-order valence-corrected chi connectivity index (χ3v) is 4.48. The average Bonchev–Trinajstić information content (AvgIpc) is 2.65. The lowest BCUT2D eigenvalue weighted by Crippen LogP contribution is -2.19. The van der Waals surface area contributed by atoms with Crippen LogP contribution in [0.25, 0.3) is 11.3 Å². The highest BCUT2D eigenvalue weighted by atomic mass is 16.5. The third-order valence-electron chi connectivity index (χ3n) is 4.48. The number of nitrogens with zero attached hydrogens (tertiary/aromatic N) is 2. The van der Waals surface area contributed by atoms with E-state index >= 15 is 0 Å². The number of methoxy groups -OCH3 is 2. The van der Waals surface area contributed by atoms with Crippen molar-refractivity contribution in [1.29, 1.82) is 0 Å². The van der Waals surface area contributed by atoms with Crippen molar-refractivity contribution < 1.29 is 9.47 Å². The second-order valence-corrected chi connectivity index (χ2v) is 6.04. The summed E-state index contributed by atoms with van der Waals surface area (Å²) < 4.78 is 11.1. The van der Waals surface area contributed by atoms with E-state index in [0.29, 0.717) is 17.7 Å². The summed E-state index contributed by atoms with van der Waals surface area (Å²) >= 11 is 0. The first-order chi connectivity index (χ1) is 12.1. The average molecular weight is 343 g/mol. The maximum absolute atomic E-state index is 5.56. The number of hydrogen-bond acceptors (Lipinski definition) is 5. The predicted octanol–water partition coefficient (Wildman–Crippen LogP) is 4.63. The second-order valence-electron chi connectivity index (χ2n) is 6.04. The van der Waals surface area contributed by atoms with Gasteiger partial charge in [-0.15, -0.1) is 0 Å². The van der Waals surface area contributed by atoms with Gasteiger partial charge in [0.25, 0.3) is 5.88 Å². The van der Waals surface area contributed by atoms with Gasteiger partial charge in [0.1, 0.15) is 5.75 Å². The molecule has 2 aromatic rings. The Bertz CT molecular complexity index is 712. The van der Waals surface area contributed by atoms with Crippen LogP contribution >= 0.6 is 0 Å². The van der Waals surface area contributed by atoms with Gasteiger partial charge >= 0.3 is 0 Å². The number of anilines is 1. The molecule has 0 saturated heterocycles. The van der Waals surface area contributed by atoms with Crippen molar-refractivity contribution in [3.8, 4) is 22.9 Å². The molecule has 0 amide bonds. The van der Waals surface area contributed by atoms with Crippen molar-refractivity contribution in [3.63, 3.8) is 0 Å². The van der Waals surface area contributed by atoms with E-state index in [4.69, 9.17) is 19.4 Å². The molecule has 2 rings (SSSR count). The topological polar surface area (TPSA) is 56.3 Å². The molecule has 0 aliphatic rings. The molecule has 5 heteroatoms. The van der Waals surface area contributed by atoms with Crippen LogP contribution in [0.2, 0.25) is 0 Å². The molecule has 0 unspecified atom stereocenters. The zero-order valence-corrected chi connectivity index (χ0v) is 16.1. The molecular formula is C20H29N3O2. The summed E-state index contributed by atoms with van der Waals surface area (Å²) in [7, 11) is 3.31. The standard InChI is InChI=1S/C20H29N3O2/c1-7-14(8-2)21-19-20(25-6)23-18(15(9-3)22-19)17-13(4)11-10-12-16(17)24-5/h10-12,14H,7-9H2,1-6H3,(H,21,22). The minimum atomic E-state index is 0.353. The monoisotopic (exact) mass is 343 g/mol. The number of aromatic nitrogens is 2. The predicted molar refractivity (Wildman–Crippen MR) is 103 cm³/mol. The Morgan fingerprint density at radius 1 is 1.04 bits per heavy atom. The second kappa shape index (κ2) is 8.70. The van der Waals surface area contributed by atoms with E-state index in [1.807, 2.05) is 12.1 Å². The Morgan fingerprint density at radius 2 is 1.76 bits per heavy atom. The molecule has 0 spiro atoms. The van der Waals surface area contributed by atoms with E-state index in [9.17, 15) is 0 Å². The summed E-state index contributed by atoms with van der Waals surface area (Å²) in [4.78, 5) is 9.63. The summed E-state index contributed by atoms with van der Waals surface area (Å²) in [6.07, 6.45) is 2.83. The molecular weight excluding hydrogens is 314 g/mol. The van der Waals surface area contributed by atoms with Gasteiger partial charge in [-0.2, -0.15) is 0 Å². The highest BCUT2D eigenvalue weighted by molar-refractivity contribution is 5.74. The first-order valence-electron chi connectivity index (χ1n) is 8.94. The molecule has 1 heterocycles. The Balaban J connectivity index is 2.61. The fourth-order valence-corrected chi connectivity index (χ4v) is 2.94. The minimum absolute atomic E-state index is 0.353. The van der Waals surface area contributed by atoms with Gasteiger partial charge in [-0.1, -0.05) is 32.9 Å². The number of aryl methyl sites for hydroxylation is 2. The molecule has 0 bridgehead atoms. The highest BCUT2D eigenvalue weighted by Gasteiger charge is 2.20. The van der Waals surface area contributed by atoms with Crippen molar-refractivity contribution in [2.45, 2.75) is 53.0 Å². The molecule has 0 radical (unpaired) electrons. The van der Waals surface area contributed by atoms with E-state index in [1.54, 1.807) is 14.2 Å². The van der Waals surface area contributed by atoms with Gasteiger partial charge in [0.2, 0.25) is 0 Å². The number of benzene rings is 1. The third kappa shape index (κ3) is 4.03. The van der Waals surface area contributed by atoms with Crippen molar-refractivity contribution in [2.24, 2.45) is 0 Å². The Kier molecular flexibility index (Phi) is 6.62. The molecule has 0 atom stereocenters. The lowest BCUT2D eigenvalue weighted by atomic mass is 10.0. The van der Waals surface area contributed by atoms with E-state index in [2.05, 4.69) is 39.1 Å². The zero-order valence-electron chi connectivity index (χ0n) is 16.1. The van der Waals surface area contributed by atoms with E-state index in [1.165, 1.54) is 0 Å². The molecule has 5 nitrogen and oxygen atoms in total. The van der Waals surface area contributed by atoms with E-state index in [-0.39, 0.29) is 0 Å².